The number of ether oxygens (including phenoxy) is 1. The normalized spacial score (nSPS) is 14.5. The summed E-state index contributed by atoms with van der Waals surface area (Å²) in [7, 11) is -1.85. The molecule has 102 valence electrons. The van der Waals surface area contributed by atoms with Gasteiger partial charge in [0.25, 0.3) is 0 Å². The van der Waals surface area contributed by atoms with E-state index in [0.717, 1.165) is 0 Å². The molecular formula is C9H22N4O3S. The van der Waals surface area contributed by atoms with Crippen molar-refractivity contribution in [2.45, 2.75) is 19.9 Å². The largest absolute Gasteiger partial charge is 0.383 e. The first kappa shape index (κ1) is 16.1. The maximum absolute atomic E-state index is 10.7. The van der Waals surface area contributed by atoms with E-state index < -0.39 is 10.0 Å². The van der Waals surface area contributed by atoms with Gasteiger partial charge in [0.05, 0.1) is 18.9 Å². The van der Waals surface area contributed by atoms with Crippen LogP contribution in [0.5, 0.6) is 0 Å². The topological polar surface area (TPSA) is 106 Å². The molecule has 0 saturated carbocycles. The third-order valence-electron chi connectivity index (χ3n) is 1.79. The van der Waals surface area contributed by atoms with Crippen molar-refractivity contribution >= 4 is 16.0 Å². The molecule has 0 aromatic heterocycles. The summed E-state index contributed by atoms with van der Waals surface area (Å²) in [5, 5.41) is 11.0. The van der Waals surface area contributed by atoms with Crippen LogP contribution in [0.1, 0.15) is 13.8 Å². The zero-order valence-electron chi connectivity index (χ0n) is 10.6. The predicted molar refractivity (Wildman–Crippen MR) is 68.4 cm³/mol. The van der Waals surface area contributed by atoms with E-state index >= 15 is 0 Å². The van der Waals surface area contributed by atoms with Crippen LogP contribution in [0.15, 0.2) is 4.99 Å². The van der Waals surface area contributed by atoms with Gasteiger partial charge in [-0.25, -0.2) is 13.6 Å². The maximum Gasteiger partial charge on any atom is 0.210 e. The van der Waals surface area contributed by atoms with Gasteiger partial charge in [0.2, 0.25) is 10.0 Å². The van der Waals surface area contributed by atoms with Crippen LogP contribution >= 0.6 is 0 Å². The molecule has 0 aromatic carbocycles. The second kappa shape index (κ2) is 8.26. The smallest absolute Gasteiger partial charge is 0.210 e. The second-order valence-corrected chi connectivity index (χ2v) is 5.36. The van der Waals surface area contributed by atoms with Crippen LogP contribution in [-0.2, 0) is 14.8 Å². The Labute approximate surface area is 103 Å². The Balaban J connectivity index is 4.25. The third kappa shape index (κ3) is 10.0. The molecule has 8 heteroatoms. The van der Waals surface area contributed by atoms with Crippen LogP contribution in [0.2, 0.25) is 0 Å². The van der Waals surface area contributed by atoms with Gasteiger partial charge < -0.3 is 15.4 Å². The first-order valence-electron chi connectivity index (χ1n) is 5.43. The van der Waals surface area contributed by atoms with Gasteiger partial charge in [-0.1, -0.05) is 0 Å². The average Bonchev–Trinajstić information content (AvgIpc) is 2.16. The summed E-state index contributed by atoms with van der Waals surface area (Å²) >= 11 is 0. The zero-order valence-corrected chi connectivity index (χ0v) is 11.4. The molecule has 0 radical (unpaired) electrons. The summed E-state index contributed by atoms with van der Waals surface area (Å²) in [4.78, 5) is 4.10. The van der Waals surface area contributed by atoms with Gasteiger partial charge in [-0.05, 0) is 13.8 Å². The Hall–Kier alpha value is -0.860. The lowest BCUT2D eigenvalue weighted by Crippen LogP contribution is -2.44. The number of methoxy groups -OCH3 is 1. The summed E-state index contributed by atoms with van der Waals surface area (Å²) in [6.45, 7) is 5.24. The van der Waals surface area contributed by atoms with Gasteiger partial charge in [-0.3, -0.25) is 4.99 Å². The van der Waals surface area contributed by atoms with Crippen molar-refractivity contribution in [3.8, 4) is 0 Å². The van der Waals surface area contributed by atoms with Crippen LogP contribution < -0.4 is 15.8 Å². The van der Waals surface area contributed by atoms with E-state index in [1.54, 1.807) is 7.11 Å². The number of aliphatic imine (C=N–C) groups is 1. The molecule has 7 nitrogen and oxygen atoms in total. The number of rotatable bonds is 7. The lowest BCUT2D eigenvalue weighted by atomic mass is 10.4. The molecule has 4 N–H and O–H groups in total. The molecule has 0 rings (SSSR count). The van der Waals surface area contributed by atoms with Crippen LogP contribution in [0.25, 0.3) is 0 Å². The SMILES string of the molecule is CCNC(=NCCS(N)(=O)=O)NC(C)COC. The fourth-order valence-electron chi connectivity index (χ4n) is 1.13. The number of nitrogens with zero attached hydrogens (tertiary/aromatic N) is 1. The Bertz CT molecular complexity index is 329. The van der Waals surface area contributed by atoms with E-state index in [-0.39, 0.29) is 18.3 Å². The number of primary sulfonamides is 1. The van der Waals surface area contributed by atoms with Crippen LogP contribution in [0, 0.1) is 0 Å². The van der Waals surface area contributed by atoms with Gasteiger partial charge >= 0.3 is 0 Å². The van der Waals surface area contributed by atoms with E-state index in [0.29, 0.717) is 19.1 Å². The molecule has 0 fully saturated rings. The minimum atomic E-state index is -3.46. The van der Waals surface area contributed by atoms with Crippen molar-refractivity contribution in [2.24, 2.45) is 10.1 Å². The van der Waals surface area contributed by atoms with Crippen molar-refractivity contribution < 1.29 is 13.2 Å². The molecule has 0 amide bonds. The van der Waals surface area contributed by atoms with Crippen molar-refractivity contribution in [2.75, 3.05) is 32.6 Å². The molecule has 0 spiro atoms. The van der Waals surface area contributed by atoms with Crippen molar-refractivity contribution in [1.29, 1.82) is 0 Å². The van der Waals surface area contributed by atoms with Crippen molar-refractivity contribution in [3.05, 3.63) is 0 Å². The second-order valence-electron chi connectivity index (χ2n) is 3.63. The van der Waals surface area contributed by atoms with Crippen LogP contribution in [0.4, 0.5) is 0 Å². The van der Waals surface area contributed by atoms with E-state index in [4.69, 9.17) is 9.88 Å². The molecular weight excluding hydrogens is 244 g/mol. The Morgan fingerprint density at radius 2 is 2.18 bits per heavy atom. The van der Waals surface area contributed by atoms with Crippen LogP contribution in [0.3, 0.4) is 0 Å². The Kier molecular flexibility index (Phi) is 7.85. The summed E-state index contributed by atoms with van der Waals surface area (Å²) in [6, 6.07) is 0.0901. The molecule has 0 aliphatic rings. The number of hydrogen-bond acceptors (Lipinski definition) is 4. The van der Waals surface area contributed by atoms with Gasteiger partial charge in [0.1, 0.15) is 0 Å². The maximum atomic E-state index is 10.7. The summed E-state index contributed by atoms with van der Waals surface area (Å²) in [6.07, 6.45) is 0. The fraction of sp³-hybridized carbons (Fsp3) is 0.889. The highest BCUT2D eigenvalue weighted by atomic mass is 32.2. The first-order valence-corrected chi connectivity index (χ1v) is 7.14. The number of hydrogen-bond donors (Lipinski definition) is 3. The molecule has 0 aromatic rings. The van der Waals surface area contributed by atoms with E-state index in [9.17, 15) is 8.42 Å². The lowest BCUT2D eigenvalue weighted by molar-refractivity contribution is 0.179. The quantitative estimate of drug-likeness (QED) is 0.399. The molecule has 1 unspecified atom stereocenters. The number of nitrogens with two attached hydrogens (primary N) is 1. The molecule has 0 heterocycles. The van der Waals surface area contributed by atoms with E-state index in [1.807, 2.05) is 13.8 Å². The van der Waals surface area contributed by atoms with Gasteiger partial charge in [-0.15, -0.1) is 0 Å². The fourth-order valence-corrected chi connectivity index (χ4v) is 1.48. The highest BCUT2D eigenvalue weighted by molar-refractivity contribution is 7.89. The van der Waals surface area contributed by atoms with Crippen molar-refractivity contribution in [1.82, 2.24) is 10.6 Å². The summed E-state index contributed by atoms with van der Waals surface area (Å²) in [5.41, 5.74) is 0. The monoisotopic (exact) mass is 266 g/mol. The lowest BCUT2D eigenvalue weighted by Gasteiger charge is -2.16. The van der Waals surface area contributed by atoms with Crippen LogP contribution in [-0.4, -0.2) is 53.0 Å². The standard InChI is InChI=1S/C9H22N4O3S/c1-4-11-9(13-8(2)7-16-3)12-5-6-17(10,14)15/h8H,4-7H2,1-3H3,(H2,10,14,15)(H2,11,12,13). The molecule has 1 atom stereocenters. The highest BCUT2D eigenvalue weighted by Crippen LogP contribution is 1.85. The Morgan fingerprint density at radius 3 is 2.65 bits per heavy atom. The minimum Gasteiger partial charge on any atom is -0.383 e. The van der Waals surface area contributed by atoms with E-state index in [2.05, 4.69) is 15.6 Å². The average molecular weight is 266 g/mol. The van der Waals surface area contributed by atoms with Gasteiger partial charge in [0, 0.05) is 19.7 Å². The summed E-state index contributed by atoms with van der Waals surface area (Å²) in [5.74, 6) is 0.392. The molecule has 0 bridgehead atoms. The number of guanidine groups is 1. The van der Waals surface area contributed by atoms with Gasteiger partial charge in [-0.2, -0.15) is 0 Å². The number of sulfonamides is 1. The summed E-state index contributed by atoms with van der Waals surface area (Å²) < 4.78 is 26.5. The first-order chi connectivity index (χ1) is 7.89. The predicted octanol–water partition coefficient (Wildman–Crippen LogP) is -1.14. The third-order valence-corrected chi connectivity index (χ3v) is 2.54. The number of nitrogens with one attached hydrogen (secondary N) is 2. The molecule has 0 aliphatic carbocycles. The minimum absolute atomic E-state index is 0.0901. The van der Waals surface area contributed by atoms with E-state index in [1.165, 1.54) is 0 Å². The molecule has 0 aliphatic heterocycles. The Morgan fingerprint density at radius 1 is 1.53 bits per heavy atom. The van der Waals surface area contributed by atoms with Gasteiger partial charge in [0.15, 0.2) is 5.96 Å². The molecule has 17 heavy (non-hydrogen) atoms. The van der Waals surface area contributed by atoms with Crippen molar-refractivity contribution in [3.63, 3.8) is 0 Å². The zero-order chi connectivity index (χ0) is 13.3. The molecule has 0 saturated heterocycles. The highest BCUT2D eigenvalue weighted by Gasteiger charge is 2.05.